The Labute approximate surface area is 156 Å². The highest BCUT2D eigenvalue weighted by molar-refractivity contribution is 5.69. The molecule has 0 aliphatic heterocycles. The van der Waals surface area contributed by atoms with Crippen LogP contribution in [0, 0.1) is 5.92 Å². The number of esters is 5. The van der Waals surface area contributed by atoms with E-state index < -0.39 is 60.2 Å². The number of carbonyl (C=O) groups is 5. The molecule has 10 heteroatoms. The minimum atomic E-state index is -1.24. The average Bonchev–Trinajstić information content (AvgIpc) is 2.49. The van der Waals surface area contributed by atoms with Gasteiger partial charge >= 0.3 is 29.8 Å². The molecule has 0 aromatic carbocycles. The van der Waals surface area contributed by atoms with Crippen molar-refractivity contribution in [2.24, 2.45) is 5.92 Å². The van der Waals surface area contributed by atoms with Gasteiger partial charge in [-0.25, -0.2) is 0 Å². The van der Waals surface area contributed by atoms with Gasteiger partial charge in [0.1, 0.15) is 12.2 Å². The number of hydrogen-bond acceptors (Lipinski definition) is 10. The summed E-state index contributed by atoms with van der Waals surface area (Å²) in [6, 6.07) is 0. The van der Waals surface area contributed by atoms with E-state index in [0.717, 1.165) is 20.8 Å². The summed E-state index contributed by atoms with van der Waals surface area (Å²) in [5.41, 5.74) is 0. The van der Waals surface area contributed by atoms with E-state index in [1.165, 1.54) is 13.8 Å². The van der Waals surface area contributed by atoms with E-state index >= 15 is 0 Å². The first-order valence-electron chi connectivity index (χ1n) is 8.33. The first kappa shape index (κ1) is 22.4. The van der Waals surface area contributed by atoms with E-state index in [4.69, 9.17) is 23.7 Å². The van der Waals surface area contributed by atoms with Gasteiger partial charge in [-0.05, 0) is 6.42 Å². The van der Waals surface area contributed by atoms with Crippen LogP contribution in [0.4, 0.5) is 0 Å². The van der Waals surface area contributed by atoms with Crippen molar-refractivity contribution in [2.45, 2.75) is 65.5 Å². The lowest BCUT2D eigenvalue weighted by Crippen LogP contribution is -2.59. The summed E-state index contributed by atoms with van der Waals surface area (Å²) in [6.45, 7) is 5.64. The lowest BCUT2D eigenvalue weighted by molar-refractivity contribution is -0.221. The third kappa shape index (κ3) is 7.24. The van der Waals surface area contributed by atoms with Crippen molar-refractivity contribution in [3.63, 3.8) is 0 Å². The highest BCUT2D eigenvalue weighted by Crippen LogP contribution is 2.34. The molecular formula is C17H24O10. The molecule has 0 spiro atoms. The fraction of sp³-hybridized carbons (Fsp3) is 0.706. The van der Waals surface area contributed by atoms with Crippen LogP contribution in [0.3, 0.4) is 0 Å². The average molecular weight is 388 g/mol. The van der Waals surface area contributed by atoms with Gasteiger partial charge in [0, 0.05) is 40.5 Å². The summed E-state index contributed by atoms with van der Waals surface area (Å²) in [5, 5.41) is 0. The van der Waals surface area contributed by atoms with Gasteiger partial charge in [-0.2, -0.15) is 0 Å². The molecule has 0 aromatic rings. The number of hydrogen-bond donors (Lipinski definition) is 0. The maximum Gasteiger partial charge on any atom is 0.303 e. The molecule has 0 saturated heterocycles. The summed E-state index contributed by atoms with van der Waals surface area (Å²) in [6.07, 6.45) is -4.42. The van der Waals surface area contributed by atoms with Crippen LogP contribution in [0.15, 0.2) is 0 Å². The van der Waals surface area contributed by atoms with E-state index in [1.807, 2.05) is 0 Å². The molecule has 1 aliphatic rings. The third-order valence-electron chi connectivity index (χ3n) is 3.74. The second kappa shape index (κ2) is 9.89. The molecule has 1 aliphatic carbocycles. The van der Waals surface area contributed by atoms with Gasteiger partial charge in [-0.15, -0.1) is 0 Å². The predicted octanol–water partition coefficient (Wildman–Crippen LogP) is 0.296. The van der Waals surface area contributed by atoms with Crippen molar-refractivity contribution in [2.75, 3.05) is 6.61 Å². The normalized spacial score (nSPS) is 27.1. The number of rotatable bonds is 6. The molecule has 1 fully saturated rings. The highest BCUT2D eigenvalue weighted by Gasteiger charge is 2.52. The zero-order valence-electron chi connectivity index (χ0n) is 15.9. The molecule has 0 bridgehead atoms. The van der Waals surface area contributed by atoms with Crippen LogP contribution >= 0.6 is 0 Å². The molecule has 27 heavy (non-hydrogen) atoms. The van der Waals surface area contributed by atoms with Crippen LogP contribution in [0.1, 0.15) is 41.0 Å². The van der Waals surface area contributed by atoms with Gasteiger partial charge < -0.3 is 23.7 Å². The Kier molecular flexibility index (Phi) is 8.20. The molecule has 0 N–H and O–H groups in total. The molecule has 1 saturated carbocycles. The van der Waals surface area contributed by atoms with E-state index in [2.05, 4.69) is 0 Å². The van der Waals surface area contributed by atoms with Crippen molar-refractivity contribution in [1.82, 2.24) is 0 Å². The van der Waals surface area contributed by atoms with Gasteiger partial charge in [0.2, 0.25) is 0 Å². The van der Waals surface area contributed by atoms with Gasteiger partial charge in [0.25, 0.3) is 0 Å². The molecule has 5 atom stereocenters. The monoisotopic (exact) mass is 388 g/mol. The van der Waals surface area contributed by atoms with Gasteiger partial charge in [-0.3, -0.25) is 24.0 Å². The summed E-state index contributed by atoms with van der Waals surface area (Å²) in [7, 11) is 0. The fourth-order valence-electron chi connectivity index (χ4n) is 2.96. The Hall–Kier alpha value is -2.65. The minimum absolute atomic E-state index is 0.0561. The maximum absolute atomic E-state index is 11.6. The minimum Gasteiger partial charge on any atom is -0.465 e. The molecule has 0 radical (unpaired) electrons. The van der Waals surface area contributed by atoms with Crippen molar-refractivity contribution in [3.05, 3.63) is 0 Å². The van der Waals surface area contributed by atoms with Gasteiger partial charge in [0.05, 0.1) is 6.61 Å². The maximum atomic E-state index is 11.6. The van der Waals surface area contributed by atoms with Crippen LogP contribution in [0.5, 0.6) is 0 Å². The highest BCUT2D eigenvalue weighted by atomic mass is 16.6. The smallest absolute Gasteiger partial charge is 0.303 e. The zero-order chi connectivity index (χ0) is 20.7. The van der Waals surface area contributed by atoms with Crippen molar-refractivity contribution >= 4 is 29.8 Å². The van der Waals surface area contributed by atoms with Crippen molar-refractivity contribution in [3.8, 4) is 0 Å². The van der Waals surface area contributed by atoms with Crippen LogP contribution in [-0.2, 0) is 47.7 Å². The van der Waals surface area contributed by atoms with Gasteiger partial charge in [-0.1, -0.05) is 0 Å². The summed E-state index contributed by atoms with van der Waals surface area (Å²) in [5.74, 6) is -3.95. The van der Waals surface area contributed by atoms with Crippen molar-refractivity contribution in [1.29, 1.82) is 0 Å². The van der Waals surface area contributed by atoms with Crippen LogP contribution < -0.4 is 0 Å². The lowest BCUT2D eigenvalue weighted by Gasteiger charge is -2.43. The molecule has 0 heterocycles. The Bertz CT molecular complexity index is 599. The van der Waals surface area contributed by atoms with Crippen LogP contribution in [0.2, 0.25) is 0 Å². The molecule has 10 nitrogen and oxygen atoms in total. The Morgan fingerprint density at radius 3 is 1.52 bits per heavy atom. The number of ether oxygens (including phenoxy) is 5. The van der Waals surface area contributed by atoms with E-state index in [-0.39, 0.29) is 13.0 Å². The molecule has 0 aromatic heterocycles. The van der Waals surface area contributed by atoms with E-state index in [9.17, 15) is 24.0 Å². The Balaban J connectivity index is 3.29. The third-order valence-corrected chi connectivity index (χ3v) is 3.74. The SMILES string of the molecule is CC(=O)OC[C@H]1C[C@@H](OC(C)=O)[C@H](OC(C)=O)[C@H](OC(C)=O)[C@@H]1OC(C)=O. The second-order valence-electron chi connectivity index (χ2n) is 6.17. The standard InChI is InChI=1S/C17H24O10/c1-8(18)23-7-13-6-14(24-9(2)19)16(26-11(4)21)17(27-12(5)22)15(13)25-10(3)20/h13-17H,6-7H2,1-5H3/t13-,14-,15-,16+,17-/m1/s1. The summed E-state index contributed by atoms with van der Waals surface area (Å²) in [4.78, 5) is 57.3. The van der Waals surface area contributed by atoms with Crippen LogP contribution in [-0.4, -0.2) is 60.9 Å². The molecule has 0 amide bonds. The first-order chi connectivity index (χ1) is 12.5. The van der Waals surface area contributed by atoms with Crippen molar-refractivity contribution < 1.29 is 47.7 Å². The topological polar surface area (TPSA) is 132 Å². The largest absolute Gasteiger partial charge is 0.465 e. The molecule has 0 unspecified atom stereocenters. The first-order valence-corrected chi connectivity index (χ1v) is 8.33. The molecule has 152 valence electrons. The fourth-order valence-corrected chi connectivity index (χ4v) is 2.96. The predicted molar refractivity (Wildman–Crippen MR) is 87.0 cm³/mol. The summed E-state index contributed by atoms with van der Waals surface area (Å²) >= 11 is 0. The lowest BCUT2D eigenvalue weighted by atomic mass is 9.80. The quantitative estimate of drug-likeness (QED) is 0.462. The molecule has 1 rings (SSSR count). The second-order valence-corrected chi connectivity index (χ2v) is 6.17. The Morgan fingerprint density at radius 1 is 0.630 bits per heavy atom. The summed E-state index contributed by atoms with van der Waals surface area (Å²) < 4.78 is 25.9. The van der Waals surface area contributed by atoms with Crippen LogP contribution in [0.25, 0.3) is 0 Å². The van der Waals surface area contributed by atoms with E-state index in [1.54, 1.807) is 0 Å². The number of carbonyl (C=O) groups excluding carboxylic acids is 5. The zero-order valence-corrected chi connectivity index (χ0v) is 15.9. The molecular weight excluding hydrogens is 364 g/mol. The Morgan fingerprint density at radius 2 is 1.07 bits per heavy atom. The van der Waals surface area contributed by atoms with Gasteiger partial charge in [0.15, 0.2) is 12.2 Å². The van der Waals surface area contributed by atoms with E-state index in [0.29, 0.717) is 0 Å².